The highest BCUT2D eigenvalue weighted by atomic mass is 33.1. The maximum atomic E-state index is 4.15. The summed E-state index contributed by atoms with van der Waals surface area (Å²) in [6, 6.07) is 18.8. The van der Waals surface area contributed by atoms with Crippen molar-refractivity contribution in [1.29, 1.82) is 0 Å². The molecule has 0 heterocycles. The van der Waals surface area contributed by atoms with Crippen molar-refractivity contribution >= 4 is 34.2 Å². The average Bonchev–Trinajstić information content (AvgIpc) is 2.31. The molecule has 0 aromatic heterocycles. The van der Waals surface area contributed by atoms with E-state index in [9.17, 15) is 0 Å². The Morgan fingerprint density at radius 3 is 1.80 bits per heavy atom. The van der Waals surface area contributed by atoms with E-state index in [-0.39, 0.29) is 0 Å². The third-order valence-electron chi connectivity index (χ3n) is 1.91. The number of rotatable bonds is 3. The maximum Gasteiger partial charge on any atom is 0.0181 e. The normalized spacial score (nSPS) is 10.2. The van der Waals surface area contributed by atoms with E-state index in [1.807, 2.05) is 6.07 Å². The summed E-state index contributed by atoms with van der Waals surface area (Å²) in [6.07, 6.45) is 0. The summed E-state index contributed by atoms with van der Waals surface area (Å²) in [5.74, 6) is 0. The largest absolute Gasteiger partial charge is 0.106 e. The highest BCUT2D eigenvalue weighted by Crippen LogP contribution is 2.29. The van der Waals surface area contributed by atoms with Crippen molar-refractivity contribution in [3.05, 3.63) is 54.6 Å². The van der Waals surface area contributed by atoms with Gasteiger partial charge in [-0.2, -0.15) is 0 Å². The summed E-state index contributed by atoms with van der Waals surface area (Å²) in [5.41, 5.74) is 0. The zero-order chi connectivity index (χ0) is 10.5. The molecule has 0 atom stereocenters. The lowest BCUT2D eigenvalue weighted by Crippen LogP contribution is -1.73. The van der Waals surface area contributed by atoms with Gasteiger partial charge in [0, 0.05) is 14.7 Å². The molecule has 0 N–H and O–H groups in total. The Morgan fingerprint density at radius 2 is 1.20 bits per heavy atom. The summed E-state index contributed by atoms with van der Waals surface area (Å²) >= 11 is 5.93. The predicted octanol–water partition coefficient (Wildman–Crippen LogP) is 4.77. The van der Waals surface area contributed by atoms with E-state index in [0.29, 0.717) is 0 Å². The fourth-order valence-electron chi connectivity index (χ4n) is 1.19. The molecule has 0 aliphatic rings. The summed E-state index contributed by atoms with van der Waals surface area (Å²) in [5, 5.41) is 0. The molecule has 0 spiro atoms. The van der Waals surface area contributed by atoms with Crippen LogP contribution in [0.15, 0.2) is 69.3 Å². The zero-order valence-electron chi connectivity index (χ0n) is 7.96. The summed E-state index contributed by atoms with van der Waals surface area (Å²) in [7, 11) is 1.47. The SMILES string of the molecule is SSc1ccc(Sc2ccccc2)cc1. The lowest BCUT2D eigenvalue weighted by Gasteiger charge is -2.01. The van der Waals surface area contributed by atoms with Crippen LogP contribution in [-0.2, 0) is 0 Å². The Balaban J connectivity index is 2.11. The van der Waals surface area contributed by atoms with Crippen LogP contribution >= 0.6 is 34.2 Å². The number of benzene rings is 2. The Hall–Kier alpha value is -0.510. The van der Waals surface area contributed by atoms with Crippen LogP contribution in [0.2, 0.25) is 0 Å². The molecule has 0 saturated carbocycles. The van der Waals surface area contributed by atoms with E-state index in [0.717, 1.165) is 0 Å². The quantitative estimate of drug-likeness (QED) is 0.615. The fourth-order valence-corrected chi connectivity index (χ4v) is 2.65. The van der Waals surface area contributed by atoms with Crippen molar-refractivity contribution in [2.75, 3.05) is 0 Å². The van der Waals surface area contributed by atoms with Crippen molar-refractivity contribution < 1.29 is 0 Å². The fraction of sp³-hybridized carbons (Fsp3) is 0. The molecule has 0 amide bonds. The van der Waals surface area contributed by atoms with Gasteiger partial charge in [0.05, 0.1) is 0 Å². The third kappa shape index (κ3) is 3.23. The molecule has 3 heteroatoms. The summed E-state index contributed by atoms with van der Waals surface area (Å²) in [4.78, 5) is 3.70. The van der Waals surface area contributed by atoms with Gasteiger partial charge in [0.2, 0.25) is 0 Å². The van der Waals surface area contributed by atoms with E-state index in [4.69, 9.17) is 0 Å². The smallest absolute Gasteiger partial charge is 0.0181 e. The van der Waals surface area contributed by atoms with Gasteiger partial charge in [-0.25, -0.2) is 0 Å². The van der Waals surface area contributed by atoms with Crippen LogP contribution in [0.1, 0.15) is 0 Å². The minimum atomic E-state index is 1.18. The number of thiol groups is 1. The van der Waals surface area contributed by atoms with Crippen LogP contribution in [0.3, 0.4) is 0 Å². The van der Waals surface area contributed by atoms with Crippen molar-refractivity contribution in [3.8, 4) is 0 Å². The second-order valence-electron chi connectivity index (χ2n) is 2.98. The van der Waals surface area contributed by atoms with Crippen LogP contribution in [0, 0.1) is 0 Å². The minimum Gasteiger partial charge on any atom is -0.106 e. The van der Waals surface area contributed by atoms with Crippen molar-refractivity contribution in [1.82, 2.24) is 0 Å². The molecular formula is C12H10S3. The van der Waals surface area contributed by atoms with E-state index in [1.165, 1.54) is 25.5 Å². The van der Waals surface area contributed by atoms with Gasteiger partial charge >= 0.3 is 0 Å². The zero-order valence-corrected chi connectivity index (χ0v) is 10.5. The Kier molecular flexibility index (Phi) is 4.06. The van der Waals surface area contributed by atoms with E-state index in [1.54, 1.807) is 11.8 Å². The first kappa shape index (κ1) is 11.0. The molecule has 0 nitrogen and oxygen atoms in total. The van der Waals surface area contributed by atoms with Gasteiger partial charge in [0.25, 0.3) is 0 Å². The molecule has 0 fully saturated rings. The lowest BCUT2D eigenvalue weighted by atomic mass is 10.4. The topological polar surface area (TPSA) is 0 Å². The Bertz CT molecular complexity index is 409. The van der Waals surface area contributed by atoms with Gasteiger partial charge in [-0.1, -0.05) is 40.8 Å². The van der Waals surface area contributed by atoms with Crippen molar-refractivity contribution in [3.63, 3.8) is 0 Å². The molecule has 0 aliphatic carbocycles. The van der Waals surface area contributed by atoms with Gasteiger partial charge in [-0.15, -0.1) is 11.7 Å². The van der Waals surface area contributed by atoms with Crippen LogP contribution < -0.4 is 0 Å². The first-order valence-corrected chi connectivity index (χ1v) is 7.21. The van der Waals surface area contributed by atoms with Crippen LogP contribution in [0.25, 0.3) is 0 Å². The molecule has 15 heavy (non-hydrogen) atoms. The molecule has 0 radical (unpaired) electrons. The molecule has 2 aromatic rings. The van der Waals surface area contributed by atoms with Gasteiger partial charge < -0.3 is 0 Å². The van der Waals surface area contributed by atoms with Gasteiger partial charge in [0.1, 0.15) is 0 Å². The molecule has 0 aliphatic heterocycles. The molecule has 76 valence electrons. The molecular weight excluding hydrogens is 240 g/mol. The Morgan fingerprint density at radius 1 is 0.667 bits per heavy atom. The second-order valence-corrected chi connectivity index (χ2v) is 5.33. The van der Waals surface area contributed by atoms with Gasteiger partial charge in [0.15, 0.2) is 0 Å². The summed E-state index contributed by atoms with van der Waals surface area (Å²) < 4.78 is 0. The molecule has 2 aromatic carbocycles. The molecule has 0 saturated heterocycles. The van der Waals surface area contributed by atoms with E-state index >= 15 is 0 Å². The van der Waals surface area contributed by atoms with Gasteiger partial charge in [-0.05, 0) is 36.4 Å². The standard InChI is InChI=1S/C12H10S3/c13-15-12-8-6-11(7-9-12)14-10-4-2-1-3-5-10/h1-9,13H. The highest BCUT2D eigenvalue weighted by molar-refractivity contribution is 8.68. The van der Waals surface area contributed by atoms with Crippen LogP contribution in [0.4, 0.5) is 0 Å². The van der Waals surface area contributed by atoms with Crippen LogP contribution in [-0.4, -0.2) is 0 Å². The van der Waals surface area contributed by atoms with E-state index in [2.05, 4.69) is 60.2 Å². The lowest BCUT2D eigenvalue weighted by molar-refractivity contribution is 1.34. The molecule has 0 unspecified atom stereocenters. The first-order valence-electron chi connectivity index (χ1n) is 4.53. The predicted molar refractivity (Wildman–Crippen MR) is 71.9 cm³/mol. The Labute approximate surface area is 103 Å². The molecule has 0 bridgehead atoms. The van der Waals surface area contributed by atoms with E-state index < -0.39 is 0 Å². The van der Waals surface area contributed by atoms with Crippen molar-refractivity contribution in [2.24, 2.45) is 0 Å². The third-order valence-corrected chi connectivity index (χ3v) is 4.04. The monoisotopic (exact) mass is 250 g/mol. The maximum absolute atomic E-state index is 4.15. The summed E-state index contributed by atoms with van der Waals surface area (Å²) in [6.45, 7) is 0. The average molecular weight is 250 g/mol. The molecule has 2 rings (SSSR count). The second kappa shape index (κ2) is 5.54. The van der Waals surface area contributed by atoms with Crippen molar-refractivity contribution in [2.45, 2.75) is 14.7 Å². The highest BCUT2D eigenvalue weighted by Gasteiger charge is 1.96. The van der Waals surface area contributed by atoms with Gasteiger partial charge in [-0.3, -0.25) is 0 Å². The minimum absolute atomic E-state index is 1.18. The van der Waals surface area contributed by atoms with Crippen LogP contribution in [0.5, 0.6) is 0 Å². The number of hydrogen-bond acceptors (Lipinski definition) is 3. The first-order chi connectivity index (χ1) is 7.38. The number of hydrogen-bond donors (Lipinski definition) is 1.